The predicted octanol–water partition coefficient (Wildman–Crippen LogP) is 2.98. The fraction of sp³-hybridized carbons (Fsp3) is 0.421. The topological polar surface area (TPSA) is 108 Å². The van der Waals surface area contributed by atoms with Crippen LogP contribution >= 0.6 is 11.3 Å². The van der Waals surface area contributed by atoms with Gasteiger partial charge in [0.1, 0.15) is 4.90 Å². The van der Waals surface area contributed by atoms with Crippen LogP contribution in [0.4, 0.5) is 5.13 Å². The zero-order valence-electron chi connectivity index (χ0n) is 16.5. The van der Waals surface area contributed by atoms with Gasteiger partial charge in [0, 0.05) is 19.0 Å². The van der Waals surface area contributed by atoms with E-state index in [-0.39, 0.29) is 16.7 Å². The van der Waals surface area contributed by atoms with Gasteiger partial charge in [-0.3, -0.25) is 9.89 Å². The molecule has 2 aromatic heterocycles. The van der Waals surface area contributed by atoms with Gasteiger partial charge in [-0.25, -0.2) is 13.4 Å². The molecule has 1 fully saturated rings. The molecule has 10 heteroatoms. The average Bonchev–Trinajstić information content (AvgIpc) is 3.25. The van der Waals surface area contributed by atoms with Crippen molar-refractivity contribution in [2.75, 3.05) is 18.4 Å². The van der Waals surface area contributed by atoms with Crippen LogP contribution < -0.4 is 5.32 Å². The molecule has 0 aliphatic carbocycles. The molecule has 0 bridgehead atoms. The molecule has 0 unspecified atom stereocenters. The number of para-hydroxylation sites is 1. The number of hydrogen-bond acceptors (Lipinski definition) is 6. The minimum Gasteiger partial charge on any atom is -0.302 e. The summed E-state index contributed by atoms with van der Waals surface area (Å²) in [5.74, 6) is -0.337. The van der Waals surface area contributed by atoms with Gasteiger partial charge in [0.2, 0.25) is 15.9 Å². The summed E-state index contributed by atoms with van der Waals surface area (Å²) in [6, 6.07) is 5.95. The van der Waals surface area contributed by atoms with E-state index in [0.29, 0.717) is 42.5 Å². The van der Waals surface area contributed by atoms with Crippen molar-refractivity contribution in [1.82, 2.24) is 19.5 Å². The molecule has 4 rings (SSSR count). The first-order chi connectivity index (χ1) is 13.8. The van der Waals surface area contributed by atoms with Crippen molar-refractivity contribution in [2.24, 2.45) is 5.92 Å². The quantitative estimate of drug-likeness (QED) is 0.658. The van der Waals surface area contributed by atoms with Gasteiger partial charge in [-0.15, -0.1) is 0 Å². The predicted molar refractivity (Wildman–Crippen MR) is 113 cm³/mol. The van der Waals surface area contributed by atoms with Crippen molar-refractivity contribution in [3.63, 3.8) is 0 Å². The molecule has 29 heavy (non-hydrogen) atoms. The van der Waals surface area contributed by atoms with Gasteiger partial charge >= 0.3 is 0 Å². The zero-order chi connectivity index (χ0) is 20.8. The summed E-state index contributed by atoms with van der Waals surface area (Å²) in [6.45, 7) is 5.99. The standard InChI is InChI=1S/C19H23N5O3S2/c1-11-5-4-6-15-16(11)20-19(28-15)21-18(25)14-7-9-24(10-8-14)29(26,27)17-12(2)22-23-13(17)3/h4-6,14H,7-10H2,1-3H3,(H,22,23)(H,20,21,25). The number of benzene rings is 1. The number of nitrogens with one attached hydrogen (secondary N) is 2. The SMILES string of the molecule is Cc1n[nH]c(C)c1S(=O)(=O)N1CCC(C(=O)Nc2nc3c(C)cccc3s2)CC1. The van der Waals surface area contributed by atoms with E-state index in [0.717, 1.165) is 15.8 Å². The van der Waals surface area contributed by atoms with Crippen molar-refractivity contribution in [2.45, 2.75) is 38.5 Å². The highest BCUT2D eigenvalue weighted by molar-refractivity contribution is 7.89. The second-order valence-corrected chi connectivity index (χ2v) is 10.3. The number of aromatic amines is 1. The molecule has 1 aliphatic rings. The van der Waals surface area contributed by atoms with Crippen LogP contribution in [0.3, 0.4) is 0 Å². The maximum absolute atomic E-state index is 12.9. The lowest BCUT2D eigenvalue weighted by Crippen LogP contribution is -2.41. The number of fused-ring (bicyclic) bond motifs is 1. The van der Waals surface area contributed by atoms with Crippen LogP contribution in [0, 0.1) is 26.7 Å². The van der Waals surface area contributed by atoms with E-state index in [2.05, 4.69) is 20.5 Å². The van der Waals surface area contributed by atoms with E-state index in [1.54, 1.807) is 13.8 Å². The second-order valence-electron chi connectivity index (χ2n) is 7.37. The van der Waals surface area contributed by atoms with Crippen molar-refractivity contribution >= 4 is 42.6 Å². The molecule has 1 aromatic carbocycles. The third-order valence-corrected chi connectivity index (χ3v) is 8.43. The summed E-state index contributed by atoms with van der Waals surface area (Å²) in [5.41, 5.74) is 2.98. The van der Waals surface area contributed by atoms with Crippen LogP contribution in [0.5, 0.6) is 0 Å². The molecule has 1 aliphatic heterocycles. The molecule has 2 N–H and O–H groups in total. The van der Waals surface area contributed by atoms with E-state index >= 15 is 0 Å². The number of nitrogens with zero attached hydrogens (tertiary/aromatic N) is 3. The Morgan fingerprint density at radius 2 is 1.97 bits per heavy atom. The Hall–Kier alpha value is -2.30. The Morgan fingerprint density at radius 3 is 2.59 bits per heavy atom. The number of piperidine rings is 1. The number of H-pyrrole nitrogens is 1. The summed E-state index contributed by atoms with van der Waals surface area (Å²) >= 11 is 1.45. The molecule has 0 radical (unpaired) electrons. The molecule has 0 saturated carbocycles. The van der Waals surface area contributed by atoms with Gasteiger partial charge < -0.3 is 5.32 Å². The Kier molecular flexibility index (Phi) is 5.18. The maximum atomic E-state index is 12.9. The highest BCUT2D eigenvalue weighted by Crippen LogP contribution is 2.30. The van der Waals surface area contributed by atoms with Crippen LogP contribution in [0.15, 0.2) is 23.1 Å². The summed E-state index contributed by atoms with van der Waals surface area (Å²) in [5, 5.41) is 10.2. The second kappa shape index (κ2) is 7.51. The lowest BCUT2D eigenvalue weighted by molar-refractivity contribution is -0.120. The Bertz CT molecular complexity index is 1150. The molecule has 0 atom stereocenters. The van der Waals surface area contributed by atoms with Crippen molar-refractivity contribution in [3.05, 3.63) is 35.2 Å². The average molecular weight is 434 g/mol. The minimum atomic E-state index is -3.61. The van der Waals surface area contributed by atoms with Gasteiger partial charge in [0.05, 0.1) is 21.6 Å². The lowest BCUT2D eigenvalue weighted by atomic mass is 9.97. The van der Waals surface area contributed by atoms with E-state index in [1.807, 2.05) is 25.1 Å². The monoisotopic (exact) mass is 433 g/mol. The van der Waals surface area contributed by atoms with Crippen LogP contribution in [0.2, 0.25) is 0 Å². The number of aromatic nitrogens is 3. The van der Waals surface area contributed by atoms with Crippen LogP contribution in [0.1, 0.15) is 29.8 Å². The summed E-state index contributed by atoms with van der Waals surface area (Å²) in [4.78, 5) is 17.5. The lowest BCUT2D eigenvalue weighted by Gasteiger charge is -2.30. The third-order valence-electron chi connectivity index (χ3n) is 5.33. The normalized spacial score (nSPS) is 16.4. The van der Waals surface area contributed by atoms with E-state index in [4.69, 9.17) is 0 Å². The number of sulfonamides is 1. The molecule has 154 valence electrons. The number of hydrogen-bond donors (Lipinski definition) is 2. The zero-order valence-corrected chi connectivity index (χ0v) is 18.2. The summed E-state index contributed by atoms with van der Waals surface area (Å²) < 4.78 is 28.4. The molecular formula is C19H23N5O3S2. The number of amides is 1. The molecule has 3 aromatic rings. The highest BCUT2D eigenvalue weighted by atomic mass is 32.2. The maximum Gasteiger partial charge on any atom is 0.246 e. The Balaban J connectivity index is 1.42. The van der Waals surface area contributed by atoms with Gasteiger partial charge in [-0.1, -0.05) is 23.5 Å². The molecule has 1 saturated heterocycles. The van der Waals surface area contributed by atoms with Gasteiger partial charge in [0.15, 0.2) is 5.13 Å². The Labute approximate surface area is 173 Å². The molecule has 3 heterocycles. The number of rotatable bonds is 4. The molecule has 8 nitrogen and oxygen atoms in total. The number of aryl methyl sites for hydroxylation is 3. The van der Waals surface area contributed by atoms with Crippen LogP contribution in [-0.2, 0) is 14.8 Å². The molecular weight excluding hydrogens is 410 g/mol. The van der Waals surface area contributed by atoms with E-state index < -0.39 is 10.0 Å². The van der Waals surface area contributed by atoms with Gasteiger partial charge in [-0.05, 0) is 45.2 Å². The highest BCUT2D eigenvalue weighted by Gasteiger charge is 2.34. The smallest absolute Gasteiger partial charge is 0.246 e. The first-order valence-corrected chi connectivity index (χ1v) is 11.7. The molecule has 1 amide bonds. The van der Waals surface area contributed by atoms with E-state index in [9.17, 15) is 13.2 Å². The number of carbonyl (C=O) groups excluding carboxylic acids is 1. The fourth-order valence-electron chi connectivity index (χ4n) is 3.76. The number of thiazole rings is 1. The number of carbonyl (C=O) groups is 1. The third kappa shape index (κ3) is 3.67. The van der Waals surface area contributed by atoms with Crippen LogP contribution in [0.25, 0.3) is 10.2 Å². The number of anilines is 1. The summed E-state index contributed by atoms with van der Waals surface area (Å²) in [6.07, 6.45) is 0.954. The summed E-state index contributed by atoms with van der Waals surface area (Å²) in [7, 11) is -3.61. The van der Waals surface area contributed by atoms with E-state index in [1.165, 1.54) is 15.6 Å². The van der Waals surface area contributed by atoms with Gasteiger partial charge in [-0.2, -0.15) is 9.40 Å². The van der Waals surface area contributed by atoms with Crippen LogP contribution in [-0.4, -0.2) is 46.9 Å². The molecule has 0 spiro atoms. The van der Waals surface area contributed by atoms with Crippen molar-refractivity contribution in [1.29, 1.82) is 0 Å². The van der Waals surface area contributed by atoms with Gasteiger partial charge in [0.25, 0.3) is 0 Å². The first-order valence-electron chi connectivity index (χ1n) is 9.46. The largest absolute Gasteiger partial charge is 0.302 e. The minimum absolute atomic E-state index is 0.102. The fourth-order valence-corrected chi connectivity index (χ4v) is 6.50. The first kappa shape index (κ1) is 20.0. The Morgan fingerprint density at radius 1 is 1.24 bits per heavy atom. The van der Waals surface area contributed by atoms with Crippen molar-refractivity contribution in [3.8, 4) is 0 Å². The van der Waals surface area contributed by atoms with Crippen molar-refractivity contribution < 1.29 is 13.2 Å².